The Labute approximate surface area is 152 Å². The molecule has 1 saturated carbocycles. The minimum atomic E-state index is 0.207. The summed E-state index contributed by atoms with van der Waals surface area (Å²) in [4.78, 5) is 11.8. The van der Waals surface area contributed by atoms with Crippen LogP contribution in [0.3, 0.4) is 0 Å². The predicted octanol–water partition coefficient (Wildman–Crippen LogP) is 4.00. The first-order chi connectivity index (χ1) is 12.7. The lowest BCUT2D eigenvalue weighted by atomic mass is 10.1. The van der Waals surface area contributed by atoms with Gasteiger partial charge in [-0.2, -0.15) is 0 Å². The fourth-order valence-corrected chi connectivity index (χ4v) is 2.83. The van der Waals surface area contributed by atoms with Gasteiger partial charge in [-0.25, -0.2) is 0 Å². The van der Waals surface area contributed by atoms with Crippen molar-refractivity contribution in [1.29, 1.82) is 0 Å². The van der Waals surface area contributed by atoms with E-state index in [1.807, 2.05) is 42.5 Å². The molecule has 0 spiro atoms. The quantitative estimate of drug-likeness (QED) is 0.705. The van der Waals surface area contributed by atoms with Crippen LogP contribution in [0.2, 0.25) is 0 Å². The molecule has 2 aromatic rings. The second-order valence-electron chi connectivity index (χ2n) is 6.39. The average Bonchev–Trinajstić information content (AvgIpc) is 3.42. The molecule has 0 bridgehead atoms. The van der Waals surface area contributed by atoms with Crippen LogP contribution in [-0.2, 0) is 11.4 Å². The van der Waals surface area contributed by atoms with Crippen molar-refractivity contribution in [2.24, 2.45) is 5.92 Å². The Kier molecular flexibility index (Phi) is 4.52. The summed E-state index contributed by atoms with van der Waals surface area (Å²) in [5.74, 6) is 3.29. The highest BCUT2D eigenvalue weighted by Gasteiger charge is 2.27. The topological polar surface area (TPSA) is 54.0 Å². The van der Waals surface area contributed by atoms with Gasteiger partial charge < -0.3 is 18.9 Å². The minimum absolute atomic E-state index is 0.207. The lowest BCUT2D eigenvalue weighted by molar-refractivity contribution is -0.115. The number of carbonyl (C=O) groups is 1. The van der Waals surface area contributed by atoms with E-state index in [-0.39, 0.29) is 18.5 Å². The highest BCUT2D eigenvalue weighted by atomic mass is 16.7. The maximum absolute atomic E-state index is 11.8. The Balaban J connectivity index is 1.47. The first kappa shape index (κ1) is 16.5. The highest BCUT2D eigenvalue weighted by molar-refractivity contribution is 5.96. The van der Waals surface area contributed by atoms with Crippen molar-refractivity contribution in [3.63, 3.8) is 0 Å². The molecule has 5 nitrogen and oxygen atoms in total. The Hall–Kier alpha value is -2.95. The maximum Gasteiger partial charge on any atom is 0.231 e. The lowest BCUT2D eigenvalue weighted by Gasteiger charge is -2.11. The summed E-state index contributed by atoms with van der Waals surface area (Å²) in [6.45, 7) is 0.585. The van der Waals surface area contributed by atoms with Gasteiger partial charge in [0.2, 0.25) is 6.79 Å². The molecule has 0 unspecified atom stereocenters. The van der Waals surface area contributed by atoms with Crippen molar-refractivity contribution in [2.75, 3.05) is 13.9 Å². The van der Waals surface area contributed by atoms with Crippen molar-refractivity contribution in [1.82, 2.24) is 0 Å². The first-order valence-electron chi connectivity index (χ1n) is 8.64. The van der Waals surface area contributed by atoms with E-state index in [0.717, 1.165) is 35.5 Å². The zero-order valence-electron chi connectivity index (χ0n) is 14.6. The molecular weight excluding hydrogens is 332 g/mol. The molecule has 0 N–H and O–H groups in total. The van der Waals surface area contributed by atoms with Crippen LogP contribution >= 0.6 is 0 Å². The van der Waals surface area contributed by atoms with Crippen LogP contribution in [0.1, 0.15) is 24.0 Å². The standard InChI is InChI=1S/C21H20O5/c1-23-19-8-3-14(2-7-18(22)15-4-5-15)10-16(19)12-24-17-6-9-20-21(11-17)26-13-25-20/h2-3,6-11,15H,4-5,12-13H2,1H3/b7-2+. The summed E-state index contributed by atoms with van der Waals surface area (Å²) in [5, 5.41) is 0. The lowest BCUT2D eigenvalue weighted by Crippen LogP contribution is -1.99. The summed E-state index contributed by atoms with van der Waals surface area (Å²) in [7, 11) is 1.63. The third-order valence-corrected chi connectivity index (χ3v) is 4.46. The maximum atomic E-state index is 11.8. The second kappa shape index (κ2) is 7.12. The van der Waals surface area contributed by atoms with Gasteiger partial charge in [-0.1, -0.05) is 12.1 Å². The number of carbonyl (C=O) groups excluding carboxylic acids is 1. The molecule has 134 valence electrons. The average molecular weight is 352 g/mol. The molecule has 1 aliphatic heterocycles. The van der Waals surface area contributed by atoms with Crippen LogP contribution < -0.4 is 18.9 Å². The molecular formula is C21H20O5. The molecule has 1 heterocycles. The third kappa shape index (κ3) is 3.67. The molecule has 0 radical (unpaired) electrons. The van der Waals surface area contributed by atoms with E-state index in [9.17, 15) is 4.79 Å². The number of fused-ring (bicyclic) bond motifs is 1. The van der Waals surface area contributed by atoms with E-state index in [1.165, 1.54) is 0 Å². The molecule has 0 saturated heterocycles. The third-order valence-electron chi connectivity index (χ3n) is 4.46. The number of hydrogen-bond acceptors (Lipinski definition) is 5. The van der Waals surface area contributed by atoms with Gasteiger partial charge in [-0.05, 0) is 48.7 Å². The molecule has 1 fully saturated rings. The molecule has 1 aliphatic carbocycles. The summed E-state index contributed by atoms with van der Waals surface area (Å²) in [5.41, 5.74) is 1.86. The number of rotatable bonds is 7. The monoisotopic (exact) mass is 352 g/mol. The molecule has 0 atom stereocenters. The smallest absolute Gasteiger partial charge is 0.231 e. The van der Waals surface area contributed by atoms with E-state index < -0.39 is 0 Å². The van der Waals surface area contributed by atoms with Crippen LogP contribution in [-0.4, -0.2) is 19.7 Å². The zero-order chi connectivity index (χ0) is 17.9. The minimum Gasteiger partial charge on any atom is -0.496 e. The van der Waals surface area contributed by atoms with Gasteiger partial charge in [-0.15, -0.1) is 0 Å². The Bertz CT molecular complexity index is 851. The SMILES string of the molecule is COc1ccc(/C=C/C(=O)C2CC2)cc1COc1ccc2c(c1)OCO2. The zero-order valence-corrected chi connectivity index (χ0v) is 14.6. The van der Waals surface area contributed by atoms with Crippen molar-refractivity contribution in [3.05, 3.63) is 53.6 Å². The summed E-state index contributed by atoms with van der Waals surface area (Å²) in [6.07, 6.45) is 5.55. The number of ketones is 1. The highest BCUT2D eigenvalue weighted by Crippen LogP contribution is 2.35. The summed E-state index contributed by atoms with van der Waals surface area (Å²) in [6, 6.07) is 11.3. The normalized spacial score (nSPS) is 15.3. The van der Waals surface area contributed by atoms with Crippen molar-refractivity contribution in [3.8, 4) is 23.0 Å². The van der Waals surface area contributed by atoms with Crippen molar-refractivity contribution >= 4 is 11.9 Å². The summed E-state index contributed by atoms with van der Waals surface area (Å²) < 4.78 is 22.0. The number of allylic oxidation sites excluding steroid dienone is 1. The van der Waals surface area contributed by atoms with Crippen LogP contribution in [0.5, 0.6) is 23.0 Å². The van der Waals surface area contributed by atoms with E-state index in [2.05, 4.69) is 0 Å². The second-order valence-corrected chi connectivity index (χ2v) is 6.39. The molecule has 5 heteroatoms. The van der Waals surface area contributed by atoms with Gasteiger partial charge >= 0.3 is 0 Å². The number of benzene rings is 2. The molecule has 2 aromatic carbocycles. The van der Waals surface area contributed by atoms with Gasteiger partial charge in [0.05, 0.1) is 7.11 Å². The van der Waals surface area contributed by atoms with E-state index in [1.54, 1.807) is 13.2 Å². The van der Waals surface area contributed by atoms with Gasteiger partial charge in [0.15, 0.2) is 17.3 Å². The van der Waals surface area contributed by atoms with Crippen molar-refractivity contribution in [2.45, 2.75) is 19.4 Å². The van der Waals surface area contributed by atoms with Gasteiger partial charge in [0.25, 0.3) is 0 Å². The molecule has 0 amide bonds. The fourth-order valence-electron chi connectivity index (χ4n) is 2.83. The largest absolute Gasteiger partial charge is 0.496 e. The summed E-state index contributed by atoms with van der Waals surface area (Å²) >= 11 is 0. The Morgan fingerprint density at radius 1 is 1.15 bits per heavy atom. The fraction of sp³-hybridized carbons (Fsp3) is 0.286. The van der Waals surface area contributed by atoms with E-state index in [0.29, 0.717) is 18.1 Å². The molecule has 4 rings (SSSR count). The number of ether oxygens (including phenoxy) is 4. The van der Waals surface area contributed by atoms with Gasteiger partial charge in [0, 0.05) is 17.5 Å². The number of hydrogen-bond donors (Lipinski definition) is 0. The first-order valence-corrected chi connectivity index (χ1v) is 8.64. The Morgan fingerprint density at radius 2 is 2.00 bits per heavy atom. The van der Waals surface area contributed by atoms with Gasteiger partial charge in [-0.3, -0.25) is 4.79 Å². The van der Waals surface area contributed by atoms with Crippen LogP contribution in [0.15, 0.2) is 42.5 Å². The molecule has 26 heavy (non-hydrogen) atoms. The van der Waals surface area contributed by atoms with Crippen molar-refractivity contribution < 1.29 is 23.7 Å². The van der Waals surface area contributed by atoms with Gasteiger partial charge in [0.1, 0.15) is 18.1 Å². The van der Waals surface area contributed by atoms with E-state index >= 15 is 0 Å². The Morgan fingerprint density at radius 3 is 2.81 bits per heavy atom. The van der Waals surface area contributed by atoms with Crippen LogP contribution in [0.4, 0.5) is 0 Å². The molecule has 2 aliphatic rings. The predicted molar refractivity (Wildman–Crippen MR) is 96.7 cm³/mol. The number of methoxy groups -OCH3 is 1. The van der Waals surface area contributed by atoms with Crippen LogP contribution in [0.25, 0.3) is 6.08 Å². The van der Waals surface area contributed by atoms with E-state index in [4.69, 9.17) is 18.9 Å². The van der Waals surface area contributed by atoms with Crippen LogP contribution in [0, 0.1) is 5.92 Å². The molecule has 0 aromatic heterocycles.